The highest BCUT2D eigenvalue weighted by Gasteiger charge is 2.13. The molecule has 21 heavy (non-hydrogen) atoms. The maximum absolute atomic E-state index is 11.8. The molecule has 1 saturated heterocycles. The molecule has 2 rings (SSSR count). The van der Waals surface area contributed by atoms with Gasteiger partial charge in [0.25, 0.3) is 0 Å². The summed E-state index contributed by atoms with van der Waals surface area (Å²) >= 11 is 5.87. The number of aromatic nitrogens is 1. The van der Waals surface area contributed by atoms with Crippen molar-refractivity contribution in [1.82, 2.24) is 20.7 Å². The molecule has 1 aromatic heterocycles. The summed E-state index contributed by atoms with van der Waals surface area (Å²) in [7, 11) is 0. The molecule has 0 atom stereocenters. The molecule has 1 aliphatic rings. The predicted molar refractivity (Wildman–Crippen MR) is 81.5 cm³/mol. The summed E-state index contributed by atoms with van der Waals surface area (Å²) in [5.74, 6) is 0.0481. The molecule has 1 aliphatic heterocycles. The Bertz CT molecular complexity index is 438. The third kappa shape index (κ3) is 5.30. The van der Waals surface area contributed by atoms with E-state index in [-0.39, 0.29) is 5.91 Å². The van der Waals surface area contributed by atoms with Crippen molar-refractivity contribution in [2.24, 2.45) is 0 Å². The number of nitrogens with one attached hydrogen (secondary N) is 2. The molecule has 7 heteroatoms. The Morgan fingerprint density at radius 1 is 1.48 bits per heavy atom. The van der Waals surface area contributed by atoms with Crippen molar-refractivity contribution in [2.45, 2.75) is 26.2 Å². The Labute approximate surface area is 130 Å². The number of carbonyl (C=O) groups is 1. The van der Waals surface area contributed by atoms with Crippen LogP contribution in [0.25, 0.3) is 0 Å². The minimum atomic E-state index is 0.0481. The van der Waals surface area contributed by atoms with Gasteiger partial charge in [-0.15, -0.1) is 0 Å². The fourth-order valence-corrected chi connectivity index (χ4v) is 2.70. The maximum Gasteiger partial charge on any atom is 0.229 e. The molecule has 0 radical (unpaired) electrons. The van der Waals surface area contributed by atoms with Crippen LogP contribution in [0.3, 0.4) is 0 Å². The fourth-order valence-electron chi connectivity index (χ4n) is 2.43. The molecule has 0 aliphatic carbocycles. The molecule has 6 nitrogen and oxygen atoms in total. The zero-order valence-electron chi connectivity index (χ0n) is 12.5. The normalized spacial score (nSPS) is 16.1. The largest absolute Gasteiger partial charge is 0.356 e. The van der Waals surface area contributed by atoms with Gasteiger partial charge < -0.3 is 20.1 Å². The van der Waals surface area contributed by atoms with Crippen LogP contribution in [0.15, 0.2) is 4.52 Å². The number of nitrogens with zero attached hydrogens (tertiary/aromatic N) is 2. The quantitative estimate of drug-likeness (QED) is 0.734. The minimum Gasteiger partial charge on any atom is -0.356 e. The monoisotopic (exact) mass is 314 g/mol. The fraction of sp³-hybridized carbons (Fsp3) is 0.714. The van der Waals surface area contributed by atoms with Gasteiger partial charge in [0.15, 0.2) is 0 Å². The van der Waals surface area contributed by atoms with E-state index in [1.54, 1.807) is 0 Å². The van der Waals surface area contributed by atoms with Gasteiger partial charge in [0, 0.05) is 44.7 Å². The first-order valence-corrected chi connectivity index (χ1v) is 7.85. The first-order chi connectivity index (χ1) is 10.2. The topological polar surface area (TPSA) is 70.4 Å². The summed E-state index contributed by atoms with van der Waals surface area (Å²) in [5.41, 5.74) is 1.58. The Hall–Kier alpha value is -1.11. The van der Waals surface area contributed by atoms with E-state index < -0.39 is 0 Å². The summed E-state index contributed by atoms with van der Waals surface area (Å²) in [6, 6.07) is 0. The van der Waals surface area contributed by atoms with Crippen molar-refractivity contribution in [3.05, 3.63) is 16.5 Å². The van der Waals surface area contributed by atoms with Crippen LogP contribution in [0.4, 0.5) is 0 Å². The molecule has 1 aromatic rings. The molecule has 2 heterocycles. The van der Waals surface area contributed by atoms with Gasteiger partial charge in [-0.2, -0.15) is 0 Å². The highest BCUT2D eigenvalue weighted by atomic mass is 35.5. The summed E-state index contributed by atoms with van der Waals surface area (Å²) in [5, 5.41) is 10.3. The highest BCUT2D eigenvalue weighted by Crippen LogP contribution is 2.20. The molecule has 1 amide bonds. The van der Waals surface area contributed by atoms with Crippen molar-refractivity contribution in [2.75, 3.05) is 39.3 Å². The van der Waals surface area contributed by atoms with E-state index in [1.807, 2.05) is 6.92 Å². The van der Waals surface area contributed by atoms with Crippen LogP contribution in [0, 0.1) is 6.92 Å². The Kier molecular flexibility index (Phi) is 6.48. The molecule has 0 bridgehead atoms. The first-order valence-electron chi connectivity index (χ1n) is 7.47. The lowest BCUT2D eigenvalue weighted by Gasteiger charge is -2.27. The number of rotatable bonds is 7. The van der Waals surface area contributed by atoms with E-state index in [4.69, 9.17) is 16.1 Å². The van der Waals surface area contributed by atoms with Crippen molar-refractivity contribution in [1.29, 1.82) is 0 Å². The number of carbonyl (C=O) groups excluding carboxylic acids is 1. The van der Waals surface area contributed by atoms with Gasteiger partial charge in [0.1, 0.15) is 0 Å². The van der Waals surface area contributed by atoms with E-state index in [1.165, 1.54) is 0 Å². The lowest BCUT2D eigenvalue weighted by Crippen LogP contribution is -2.44. The standard InChI is InChI=1S/C14H23ClN4O2/c1-11-12(14(15)21-18-11)3-4-13(20)17-5-2-8-19-9-6-16-7-10-19/h16H,2-10H2,1H3,(H,17,20). The molecular formula is C14H23ClN4O2. The van der Waals surface area contributed by atoms with Crippen molar-refractivity contribution >= 4 is 17.5 Å². The zero-order chi connectivity index (χ0) is 15.1. The second-order valence-corrected chi connectivity index (χ2v) is 5.66. The van der Waals surface area contributed by atoms with Crippen LogP contribution in [-0.4, -0.2) is 55.2 Å². The van der Waals surface area contributed by atoms with Gasteiger partial charge in [-0.1, -0.05) is 5.16 Å². The minimum absolute atomic E-state index is 0.0481. The van der Waals surface area contributed by atoms with Crippen LogP contribution in [0.2, 0.25) is 5.22 Å². The van der Waals surface area contributed by atoms with Gasteiger partial charge in [-0.05, 0) is 37.9 Å². The summed E-state index contributed by atoms with van der Waals surface area (Å²) < 4.78 is 4.87. The summed E-state index contributed by atoms with van der Waals surface area (Å²) in [6.07, 6.45) is 1.96. The molecule has 1 fully saturated rings. The third-order valence-corrected chi connectivity index (χ3v) is 4.02. The van der Waals surface area contributed by atoms with Crippen LogP contribution in [0.1, 0.15) is 24.1 Å². The number of halogens is 1. The molecule has 2 N–H and O–H groups in total. The lowest BCUT2D eigenvalue weighted by molar-refractivity contribution is -0.121. The van der Waals surface area contributed by atoms with Crippen LogP contribution >= 0.6 is 11.6 Å². The smallest absolute Gasteiger partial charge is 0.229 e. The van der Waals surface area contributed by atoms with Crippen molar-refractivity contribution < 1.29 is 9.32 Å². The second-order valence-electron chi connectivity index (χ2n) is 5.32. The van der Waals surface area contributed by atoms with E-state index in [9.17, 15) is 4.79 Å². The average Bonchev–Trinajstić information content (AvgIpc) is 2.81. The van der Waals surface area contributed by atoms with Crippen LogP contribution in [0.5, 0.6) is 0 Å². The van der Waals surface area contributed by atoms with Crippen LogP contribution in [-0.2, 0) is 11.2 Å². The highest BCUT2D eigenvalue weighted by molar-refractivity contribution is 6.29. The molecular weight excluding hydrogens is 292 g/mol. The Morgan fingerprint density at radius 3 is 2.90 bits per heavy atom. The second kappa shape index (κ2) is 8.36. The van der Waals surface area contributed by atoms with Gasteiger partial charge in [0.2, 0.25) is 11.1 Å². The maximum atomic E-state index is 11.8. The van der Waals surface area contributed by atoms with Crippen LogP contribution < -0.4 is 10.6 Å². The molecule has 118 valence electrons. The summed E-state index contributed by atoms with van der Waals surface area (Å²) in [6.45, 7) is 7.91. The van der Waals surface area contributed by atoms with Crippen molar-refractivity contribution in [3.63, 3.8) is 0 Å². The van der Waals surface area contributed by atoms with Gasteiger partial charge >= 0.3 is 0 Å². The Morgan fingerprint density at radius 2 is 2.24 bits per heavy atom. The van der Waals surface area contributed by atoms with Gasteiger partial charge in [0.05, 0.1) is 5.69 Å². The van der Waals surface area contributed by atoms with E-state index in [2.05, 4.69) is 20.7 Å². The SMILES string of the molecule is Cc1noc(Cl)c1CCC(=O)NCCCN1CCNCC1. The molecule has 0 aromatic carbocycles. The van der Waals surface area contributed by atoms with Crippen molar-refractivity contribution in [3.8, 4) is 0 Å². The number of aryl methyl sites for hydroxylation is 1. The molecule has 0 unspecified atom stereocenters. The number of amides is 1. The van der Waals surface area contributed by atoms with E-state index in [0.717, 1.165) is 56.9 Å². The number of hydrogen-bond acceptors (Lipinski definition) is 5. The number of piperazine rings is 1. The third-order valence-electron chi connectivity index (χ3n) is 3.72. The van der Waals surface area contributed by atoms with E-state index in [0.29, 0.717) is 18.1 Å². The zero-order valence-corrected chi connectivity index (χ0v) is 13.2. The molecule has 0 saturated carbocycles. The van der Waals surface area contributed by atoms with Gasteiger partial charge in [-0.25, -0.2) is 0 Å². The summed E-state index contributed by atoms with van der Waals surface area (Å²) in [4.78, 5) is 14.2. The molecule has 0 spiro atoms. The predicted octanol–water partition coefficient (Wildman–Crippen LogP) is 0.981. The first kappa shape index (κ1) is 16.3. The van der Waals surface area contributed by atoms with Gasteiger partial charge in [-0.3, -0.25) is 4.79 Å². The number of hydrogen-bond donors (Lipinski definition) is 2. The average molecular weight is 315 g/mol. The lowest BCUT2D eigenvalue weighted by atomic mass is 10.1. The van der Waals surface area contributed by atoms with E-state index >= 15 is 0 Å². The Balaban J connectivity index is 1.57.